The Morgan fingerprint density at radius 1 is 1.71 bits per heavy atom. The van der Waals surface area contributed by atoms with E-state index in [1.807, 2.05) is 6.92 Å². The van der Waals surface area contributed by atoms with E-state index in [1.54, 1.807) is 10.9 Å². The van der Waals surface area contributed by atoms with E-state index in [4.69, 9.17) is 5.73 Å². The number of hydrogen-bond donors (Lipinski definition) is 2. The van der Waals surface area contributed by atoms with Crippen LogP contribution in [0.5, 0.6) is 0 Å². The van der Waals surface area contributed by atoms with Gasteiger partial charge in [-0.2, -0.15) is 0 Å². The Morgan fingerprint density at radius 3 is 3.07 bits per heavy atom. The van der Waals surface area contributed by atoms with Crippen LogP contribution >= 0.6 is 0 Å². The van der Waals surface area contributed by atoms with Crippen molar-refractivity contribution in [1.29, 1.82) is 0 Å². The largest absolute Gasteiger partial charge is 0.356 e. The molecule has 1 amide bonds. The molecule has 78 valence electrons. The van der Waals surface area contributed by atoms with Crippen molar-refractivity contribution in [3.63, 3.8) is 0 Å². The first-order chi connectivity index (χ1) is 6.76. The number of nitrogens with two attached hydrogens (primary N) is 1. The molecule has 6 nitrogen and oxygen atoms in total. The third-order valence-electron chi connectivity index (χ3n) is 1.74. The second-order valence-electron chi connectivity index (χ2n) is 2.88. The van der Waals surface area contributed by atoms with Crippen LogP contribution in [0.15, 0.2) is 6.20 Å². The molecule has 6 heteroatoms. The molecule has 0 aromatic carbocycles. The van der Waals surface area contributed by atoms with Crippen LogP contribution in [0.3, 0.4) is 0 Å². The monoisotopic (exact) mass is 197 g/mol. The summed E-state index contributed by atoms with van der Waals surface area (Å²) in [5, 5.41) is 10.4. The van der Waals surface area contributed by atoms with Crippen molar-refractivity contribution < 1.29 is 4.79 Å². The molecule has 14 heavy (non-hydrogen) atoms. The van der Waals surface area contributed by atoms with Crippen LogP contribution in [0.2, 0.25) is 0 Å². The molecule has 0 unspecified atom stereocenters. The lowest BCUT2D eigenvalue weighted by atomic mass is 10.4. The highest BCUT2D eigenvalue weighted by atomic mass is 16.1. The molecule has 0 saturated carbocycles. The molecular formula is C8H15N5O. The molecule has 0 aliphatic rings. The molecule has 0 bridgehead atoms. The Hall–Kier alpha value is -1.43. The zero-order chi connectivity index (χ0) is 10.4. The van der Waals surface area contributed by atoms with Gasteiger partial charge in [0, 0.05) is 25.7 Å². The summed E-state index contributed by atoms with van der Waals surface area (Å²) in [6, 6.07) is 0. The lowest BCUT2D eigenvalue weighted by Crippen LogP contribution is -2.23. The Balaban J connectivity index is 2.34. The number of hydrogen-bond acceptors (Lipinski definition) is 4. The predicted octanol–water partition coefficient (Wildman–Crippen LogP) is -0.737. The van der Waals surface area contributed by atoms with Gasteiger partial charge in [-0.05, 0) is 6.92 Å². The summed E-state index contributed by atoms with van der Waals surface area (Å²) in [5.41, 5.74) is 6.11. The van der Waals surface area contributed by atoms with Gasteiger partial charge in [-0.1, -0.05) is 5.21 Å². The number of rotatable bonds is 5. The van der Waals surface area contributed by atoms with Crippen LogP contribution in [-0.2, 0) is 17.9 Å². The fourth-order valence-electron chi connectivity index (χ4n) is 1.04. The second-order valence-corrected chi connectivity index (χ2v) is 2.88. The third kappa shape index (κ3) is 3.14. The summed E-state index contributed by atoms with van der Waals surface area (Å²) >= 11 is 0. The summed E-state index contributed by atoms with van der Waals surface area (Å²) < 4.78 is 1.62. The molecule has 0 saturated heterocycles. The van der Waals surface area contributed by atoms with E-state index in [2.05, 4.69) is 15.6 Å². The molecule has 1 aromatic rings. The Bertz CT molecular complexity index is 296. The van der Waals surface area contributed by atoms with Crippen LogP contribution < -0.4 is 11.1 Å². The number of nitrogens with zero attached hydrogens (tertiary/aromatic N) is 3. The van der Waals surface area contributed by atoms with E-state index >= 15 is 0 Å². The maximum absolute atomic E-state index is 11.1. The lowest BCUT2D eigenvalue weighted by Gasteiger charge is -2.00. The number of carbonyl (C=O) groups excluding carboxylic acids is 1. The number of aryl methyl sites for hydroxylation is 1. The first-order valence-corrected chi connectivity index (χ1v) is 4.62. The standard InChI is InChI=1S/C8H15N5O/c1-2-10-8(14)3-4-13-6-7(5-9)11-12-13/h6H,2-5,9H2,1H3,(H,10,14). The summed E-state index contributed by atoms with van der Waals surface area (Å²) in [4.78, 5) is 11.1. The van der Waals surface area contributed by atoms with Gasteiger partial charge in [0.1, 0.15) is 0 Å². The normalized spacial score (nSPS) is 10.1. The minimum atomic E-state index is 0.0253. The van der Waals surface area contributed by atoms with Gasteiger partial charge in [0.2, 0.25) is 5.91 Å². The quantitative estimate of drug-likeness (QED) is 0.651. The van der Waals surface area contributed by atoms with Crippen molar-refractivity contribution in [3.05, 3.63) is 11.9 Å². The van der Waals surface area contributed by atoms with Crippen molar-refractivity contribution in [2.45, 2.75) is 26.4 Å². The Morgan fingerprint density at radius 2 is 2.50 bits per heavy atom. The van der Waals surface area contributed by atoms with Gasteiger partial charge in [0.05, 0.1) is 12.2 Å². The highest BCUT2D eigenvalue weighted by Gasteiger charge is 2.02. The fraction of sp³-hybridized carbons (Fsp3) is 0.625. The van der Waals surface area contributed by atoms with Crippen molar-refractivity contribution in [2.75, 3.05) is 6.54 Å². The highest BCUT2D eigenvalue weighted by Crippen LogP contribution is 1.93. The number of carbonyl (C=O) groups is 1. The SMILES string of the molecule is CCNC(=O)CCn1cc(CN)nn1. The Kier molecular flexibility index (Phi) is 4.06. The minimum absolute atomic E-state index is 0.0253. The van der Waals surface area contributed by atoms with E-state index in [-0.39, 0.29) is 5.91 Å². The van der Waals surface area contributed by atoms with Gasteiger partial charge in [-0.25, -0.2) is 0 Å². The van der Waals surface area contributed by atoms with Crippen LogP contribution in [0.25, 0.3) is 0 Å². The van der Waals surface area contributed by atoms with Crippen LogP contribution in [0.1, 0.15) is 19.0 Å². The number of aromatic nitrogens is 3. The average molecular weight is 197 g/mol. The zero-order valence-electron chi connectivity index (χ0n) is 8.23. The van der Waals surface area contributed by atoms with E-state index in [0.717, 1.165) is 5.69 Å². The van der Waals surface area contributed by atoms with Gasteiger partial charge in [0.15, 0.2) is 0 Å². The summed E-state index contributed by atoms with van der Waals surface area (Å²) in [6.07, 6.45) is 2.17. The van der Waals surface area contributed by atoms with Gasteiger partial charge in [0.25, 0.3) is 0 Å². The van der Waals surface area contributed by atoms with Gasteiger partial charge >= 0.3 is 0 Å². The van der Waals surface area contributed by atoms with Crippen molar-refractivity contribution in [1.82, 2.24) is 20.3 Å². The highest BCUT2D eigenvalue weighted by molar-refractivity contribution is 5.75. The molecule has 0 spiro atoms. The molecule has 0 atom stereocenters. The number of nitrogens with one attached hydrogen (secondary N) is 1. The van der Waals surface area contributed by atoms with Crippen molar-refractivity contribution in [3.8, 4) is 0 Å². The van der Waals surface area contributed by atoms with Crippen LogP contribution in [0, 0.1) is 0 Å². The first-order valence-electron chi connectivity index (χ1n) is 4.62. The lowest BCUT2D eigenvalue weighted by molar-refractivity contribution is -0.121. The topological polar surface area (TPSA) is 85.8 Å². The van der Waals surface area contributed by atoms with Crippen molar-refractivity contribution in [2.24, 2.45) is 5.73 Å². The van der Waals surface area contributed by atoms with Gasteiger partial charge < -0.3 is 11.1 Å². The molecule has 0 aliphatic heterocycles. The maximum Gasteiger partial charge on any atom is 0.221 e. The number of amides is 1. The van der Waals surface area contributed by atoms with Gasteiger partial charge in [-0.3, -0.25) is 9.48 Å². The molecule has 1 heterocycles. The molecular weight excluding hydrogens is 182 g/mol. The smallest absolute Gasteiger partial charge is 0.221 e. The summed E-state index contributed by atoms with van der Waals surface area (Å²) in [7, 11) is 0. The van der Waals surface area contributed by atoms with Crippen molar-refractivity contribution >= 4 is 5.91 Å². The minimum Gasteiger partial charge on any atom is -0.356 e. The zero-order valence-corrected chi connectivity index (χ0v) is 8.23. The third-order valence-corrected chi connectivity index (χ3v) is 1.74. The van der Waals surface area contributed by atoms with E-state index in [9.17, 15) is 4.79 Å². The summed E-state index contributed by atoms with van der Waals surface area (Å²) in [6.45, 7) is 3.46. The second kappa shape index (κ2) is 5.33. The molecule has 3 N–H and O–H groups in total. The predicted molar refractivity (Wildman–Crippen MR) is 51.2 cm³/mol. The molecule has 0 aliphatic carbocycles. The Labute approximate surface area is 82.5 Å². The van der Waals surface area contributed by atoms with Crippen LogP contribution in [-0.4, -0.2) is 27.4 Å². The molecule has 1 aromatic heterocycles. The molecule has 0 fully saturated rings. The van der Waals surface area contributed by atoms with Crippen LogP contribution in [0.4, 0.5) is 0 Å². The fourth-order valence-corrected chi connectivity index (χ4v) is 1.04. The summed E-state index contributed by atoms with van der Waals surface area (Å²) in [5.74, 6) is 0.0253. The maximum atomic E-state index is 11.1. The molecule has 0 radical (unpaired) electrons. The van der Waals surface area contributed by atoms with E-state index in [0.29, 0.717) is 26.1 Å². The first kappa shape index (κ1) is 10.6. The average Bonchev–Trinajstić information content (AvgIpc) is 2.63. The van der Waals surface area contributed by atoms with Gasteiger partial charge in [-0.15, -0.1) is 5.10 Å². The van der Waals surface area contributed by atoms with E-state index < -0.39 is 0 Å². The van der Waals surface area contributed by atoms with E-state index in [1.165, 1.54) is 0 Å². The molecule has 1 rings (SSSR count).